The first-order chi connectivity index (χ1) is 8.74. The predicted octanol–water partition coefficient (Wildman–Crippen LogP) is 2.16. The minimum Gasteiger partial charge on any atom is -0.381 e. The molecule has 0 aliphatic rings. The highest BCUT2D eigenvalue weighted by molar-refractivity contribution is 5.92. The van der Waals surface area contributed by atoms with Crippen molar-refractivity contribution < 1.29 is 13.9 Å². The fourth-order valence-corrected chi connectivity index (χ4v) is 1.35. The SMILES string of the molecule is CCCCOCCCNC(=O)c1cccc(F)n1. The molecule has 4 nitrogen and oxygen atoms in total. The van der Waals surface area contributed by atoms with Crippen molar-refractivity contribution >= 4 is 5.91 Å². The molecule has 0 spiro atoms. The number of carbonyl (C=O) groups excluding carboxylic acids is 1. The standard InChI is InChI=1S/C13H19FN2O2/c1-2-3-9-18-10-5-8-15-13(17)11-6-4-7-12(14)16-11/h4,6-7H,2-3,5,8-10H2,1H3,(H,15,17). The molecule has 0 atom stereocenters. The van der Waals surface area contributed by atoms with E-state index in [-0.39, 0.29) is 11.6 Å². The van der Waals surface area contributed by atoms with E-state index in [1.165, 1.54) is 18.2 Å². The first kappa shape index (κ1) is 14.6. The van der Waals surface area contributed by atoms with Crippen molar-refractivity contribution in [3.63, 3.8) is 0 Å². The molecule has 0 aliphatic heterocycles. The minimum atomic E-state index is -0.648. The van der Waals surface area contributed by atoms with Crippen molar-refractivity contribution in [2.24, 2.45) is 0 Å². The number of pyridine rings is 1. The third-order valence-electron chi connectivity index (χ3n) is 2.34. The molecule has 1 aromatic rings. The lowest BCUT2D eigenvalue weighted by Gasteiger charge is -2.05. The molecular formula is C13H19FN2O2. The van der Waals surface area contributed by atoms with E-state index in [1.54, 1.807) is 0 Å². The molecule has 0 radical (unpaired) electrons. The Hall–Kier alpha value is -1.49. The molecule has 0 unspecified atom stereocenters. The summed E-state index contributed by atoms with van der Waals surface area (Å²) in [5.41, 5.74) is 0.0990. The van der Waals surface area contributed by atoms with Crippen molar-refractivity contribution in [3.8, 4) is 0 Å². The number of carbonyl (C=O) groups is 1. The van der Waals surface area contributed by atoms with Gasteiger partial charge >= 0.3 is 0 Å². The van der Waals surface area contributed by atoms with E-state index in [9.17, 15) is 9.18 Å². The molecule has 1 rings (SSSR count). The summed E-state index contributed by atoms with van der Waals surface area (Å²) < 4.78 is 18.1. The van der Waals surface area contributed by atoms with Gasteiger partial charge in [0.15, 0.2) is 0 Å². The van der Waals surface area contributed by atoms with Crippen LogP contribution in [0.2, 0.25) is 0 Å². The van der Waals surface area contributed by atoms with Crippen LogP contribution >= 0.6 is 0 Å². The molecule has 1 amide bonds. The van der Waals surface area contributed by atoms with Gasteiger partial charge in [0.1, 0.15) is 5.69 Å². The third-order valence-corrected chi connectivity index (χ3v) is 2.34. The smallest absolute Gasteiger partial charge is 0.269 e. The van der Waals surface area contributed by atoms with E-state index < -0.39 is 5.95 Å². The number of hydrogen-bond acceptors (Lipinski definition) is 3. The summed E-state index contributed by atoms with van der Waals surface area (Å²) in [6.45, 7) is 3.99. The molecular weight excluding hydrogens is 235 g/mol. The summed E-state index contributed by atoms with van der Waals surface area (Å²) in [7, 11) is 0. The first-order valence-electron chi connectivity index (χ1n) is 6.22. The summed E-state index contributed by atoms with van der Waals surface area (Å²) in [5.74, 6) is -1.01. The fraction of sp³-hybridized carbons (Fsp3) is 0.538. The molecule has 5 heteroatoms. The molecule has 0 saturated heterocycles. The largest absolute Gasteiger partial charge is 0.381 e. The molecule has 0 aromatic carbocycles. The van der Waals surface area contributed by atoms with E-state index in [4.69, 9.17) is 4.74 Å². The number of rotatable bonds is 8. The lowest BCUT2D eigenvalue weighted by atomic mass is 10.3. The molecule has 1 aromatic heterocycles. The van der Waals surface area contributed by atoms with Gasteiger partial charge in [-0.25, -0.2) is 4.98 Å². The van der Waals surface area contributed by atoms with Crippen molar-refractivity contribution in [2.45, 2.75) is 26.2 Å². The average Bonchev–Trinajstić information content (AvgIpc) is 2.37. The van der Waals surface area contributed by atoms with Crippen LogP contribution in [-0.4, -0.2) is 30.6 Å². The summed E-state index contributed by atoms with van der Waals surface area (Å²) >= 11 is 0. The zero-order chi connectivity index (χ0) is 13.2. The number of aromatic nitrogens is 1. The highest BCUT2D eigenvalue weighted by atomic mass is 19.1. The second kappa shape index (κ2) is 8.58. The quantitative estimate of drug-likeness (QED) is 0.571. The van der Waals surface area contributed by atoms with Crippen LogP contribution in [0, 0.1) is 5.95 Å². The van der Waals surface area contributed by atoms with Gasteiger partial charge in [-0.05, 0) is 25.0 Å². The van der Waals surface area contributed by atoms with Gasteiger partial charge in [0.25, 0.3) is 5.91 Å². The average molecular weight is 254 g/mol. The van der Waals surface area contributed by atoms with Crippen LogP contribution in [-0.2, 0) is 4.74 Å². The normalized spacial score (nSPS) is 10.3. The van der Waals surface area contributed by atoms with Gasteiger partial charge in [0.05, 0.1) is 0 Å². The fourth-order valence-electron chi connectivity index (χ4n) is 1.35. The van der Waals surface area contributed by atoms with E-state index in [2.05, 4.69) is 17.2 Å². The second-order valence-corrected chi connectivity index (χ2v) is 3.92. The van der Waals surface area contributed by atoms with Gasteiger partial charge in [0, 0.05) is 19.8 Å². The zero-order valence-electron chi connectivity index (χ0n) is 10.6. The van der Waals surface area contributed by atoms with Crippen molar-refractivity contribution in [1.82, 2.24) is 10.3 Å². The van der Waals surface area contributed by atoms with Crippen molar-refractivity contribution in [2.75, 3.05) is 19.8 Å². The highest BCUT2D eigenvalue weighted by Crippen LogP contribution is 1.97. The topological polar surface area (TPSA) is 51.2 Å². The molecule has 18 heavy (non-hydrogen) atoms. The number of hydrogen-bond donors (Lipinski definition) is 1. The molecule has 1 N–H and O–H groups in total. The van der Waals surface area contributed by atoms with Gasteiger partial charge in [-0.15, -0.1) is 0 Å². The van der Waals surface area contributed by atoms with Crippen LogP contribution in [0.1, 0.15) is 36.7 Å². The Labute approximate surface area is 107 Å². The van der Waals surface area contributed by atoms with E-state index in [1.807, 2.05) is 0 Å². The van der Waals surface area contributed by atoms with E-state index in [0.717, 1.165) is 25.9 Å². The lowest BCUT2D eigenvalue weighted by Crippen LogP contribution is -2.26. The van der Waals surface area contributed by atoms with E-state index in [0.29, 0.717) is 13.2 Å². The second-order valence-electron chi connectivity index (χ2n) is 3.92. The molecule has 100 valence electrons. The van der Waals surface area contributed by atoms with Crippen LogP contribution in [0.15, 0.2) is 18.2 Å². The number of nitrogens with zero attached hydrogens (tertiary/aromatic N) is 1. The maximum absolute atomic E-state index is 12.8. The maximum Gasteiger partial charge on any atom is 0.269 e. The predicted molar refractivity (Wildman–Crippen MR) is 66.9 cm³/mol. The summed E-state index contributed by atoms with van der Waals surface area (Å²) in [6.07, 6.45) is 2.91. The third kappa shape index (κ3) is 5.72. The van der Waals surface area contributed by atoms with Crippen LogP contribution in [0.25, 0.3) is 0 Å². The van der Waals surface area contributed by atoms with Crippen molar-refractivity contribution in [1.29, 1.82) is 0 Å². The number of unbranched alkanes of at least 4 members (excludes halogenated alkanes) is 1. The Balaban J connectivity index is 2.14. The van der Waals surface area contributed by atoms with Crippen molar-refractivity contribution in [3.05, 3.63) is 29.8 Å². The number of amides is 1. The van der Waals surface area contributed by atoms with Crippen LogP contribution < -0.4 is 5.32 Å². The molecule has 0 aliphatic carbocycles. The summed E-state index contributed by atoms with van der Waals surface area (Å²) in [5, 5.41) is 2.67. The Morgan fingerprint density at radius 2 is 2.17 bits per heavy atom. The Morgan fingerprint density at radius 1 is 1.39 bits per heavy atom. The number of halogens is 1. The van der Waals surface area contributed by atoms with Crippen LogP contribution in [0.3, 0.4) is 0 Å². The van der Waals surface area contributed by atoms with Crippen LogP contribution in [0.4, 0.5) is 4.39 Å². The molecule has 0 bridgehead atoms. The Morgan fingerprint density at radius 3 is 2.89 bits per heavy atom. The molecule has 1 heterocycles. The van der Waals surface area contributed by atoms with Gasteiger partial charge in [-0.2, -0.15) is 4.39 Å². The number of nitrogens with one attached hydrogen (secondary N) is 1. The van der Waals surface area contributed by atoms with Crippen LogP contribution in [0.5, 0.6) is 0 Å². The van der Waals surface area contributed by atoms with E-state index >= 15 is 0 Å². The monoisotopic (exact) mass is 254 g/mol. The first-order valence-corrected chi connectivity index (χ1v) is 6.22. The van der Waals surface area contributed by atoms with Gasteiger partial charge in [-0.3, -0.25) is 4.79 Å². The minimum absolute atomic E-state index is 0.0990. The molecule has 0 saturated carbocycles. The Bertz CT molecular complexity index is 372. The maximum atomic E-state index is 12.8. The summed E-state index contributed by atoms with van der Waals surface area (Å²) in [6, 6.07) is 4.15. The highest BCUT2D eigenvalue weighted by Gasteiger charge is 2.06. The Kier molecular flexibility index (Phi) is 6.94. The van der Waals surface area contributed by atoms with Gasteiger partial charge in [0.2, 0.25) is 5.95 Å². The summed E-state index contributed by atoms with van der Waals surface area (Å²) in [4.78, 5) is 15.1. The number of ether oxygens (including phenoxy) is 1. The van der Waals surface area contributed by atoms with Gasteiger partial charge < -0.3 is 10.1 Å². The zero-order valence-corrected chi connectivity index (χ0v) is 10.6. The van der Waals surface area contributed by atoms with Gasteiger partial charge in [-0.1, -0.05) is 19.4 Å². The lowest BCUT2D eigenvalue weighted by molar-refractivity contribution is 0.0934. The molecule has 0 fully saturated rings.